The third-order valence-corrected chi connectivity index (χ3v) is 4.78. The highest BCUT2D eigenvalue weighted by Gasteiger charge is 2.26. The molecular weight excluding hydrogens is 314 g/mol. The molecule has 0 aliphatic carbocycles. The molecule has 4 nitrogen and oxygen atoms in total. The Balaban J connectivity index is 1.84. The smallest absolute Gasteiger partial charge is 0.254 e. The molecule has 0 N–H and O–H groups in total. The van der Waals surface area contributed by atoms with Crippen molar-refractivity contribution < 1.29 is 14.3 Å². The summed E-state index contributed by atoms with van der Waals surface area (Å²) in [4.78, 5) is 27.6. The number of ketones is 1. The summed E-state index contributed by atoms with van der Waals surface area (Å²) >= 11 is 0. The normalized spacial score (nSPS) is 15.2. The summed E-state index contributed by atoms with van der Waals surface area (Å²) in [5.74, 6) is -0.193. The summed E-state index contributed by atoms with van der Waals surface area (Å²) in [5.41, 5.74) is 2.64. The Morgan fingerprint density at radius 3 is 2.16 bits per heavy atom. The fourth-order valence-electron chi connectivity index (χ4n) is 3.19. The Bertz CT molecular complexity index is 759. The van der Waals surface area contributed by atoms with E-state index in [0.29, 0.717) is 29.8 Å². The van der Waals surface area contributed by atoms with Crippen molar-refractivity contribution in [1.29, 1.82) is 0 Å². The van der Waals surface area contributed by atoms with Crippen molar-refractivity contribution in [3.8, 4) is 0 Å². The number of carbonyl (C=O) groups excluding carboxylic acids is 2. The van der Waals surface area contributed by atoms with Crippen LogP contribution in [0.15, 0.2) is 48.5 Å². The van der Waals surface area contributed by atoms with Crippen molar-refractivity contribution in [2.45, 2.75) is 25.9 Å². The zero-order chi connectivity index (χ0) is 17.8. The fraction of sp³-hybridized carbons (Fsp3) is 0.333. The first-order valence-electron chi connectivity index (χ1n) is 8.62. The lowest BCUT2D eigenvalue weighted by Crippen LogP contribution is -2.41. The highest BCUT2D eigenvalue weighted by atomic mass is 16.5. The van der Waals surface area contributed by atoms with Crippen LogP contribution in [0.25, 0.3) is 0 Å². The quantitative estimate of drug-likeness (QED) is 0.803. The molecule has 0 radical (unpaired) electrons. The molecule has 0 spiro atoms. The molecule has 0 aromatic heterocycles. The van der Waals surface area contributed by atoms with Gasteiger partial charge in [-0.3, -0.25) is 9.59 Å². The van der Waals surface area contributed by atoms with Gasteiger partial charge in [-0.05, 0) is 25.8 Å². The third kappa shape index (κ3) is 3.80. The largest absolute Gasteiger partial charge is 0.381 e. The summed E-state index contributed by atoms with van der Waals surface area (Å²) in [6.07, 6.45) is 1.88. The van der Waals surface area contributed by atoms with Crippen molar-refractivity contribution in [3.63, 3.8) is 0 Å². The lowest BCUT2D eigenvalue weighted by atomic mass is 9.96. The molecule has 2 aromatic rings. The van der Waals surface area contributed by atoms with Crippen LogP contribution >= 0.6 is 0 Å². The van der Waals surface area contributed by atoms with E-state index >= 15 is 0 Å². The molecule has 0 saturated carbocycles. The number of likely N-dealkylation sites (tertiary alicyclic amines) is 1. The zero-order valence-electron chi connectivity index (χ0n) is 14.7. The van der Waals surface area contributed by atoms with Crippen LogP contribution in [0.4, 0.5) is 0 Å². The summed E-state index contributed by atoms with van der Waals surface area (Å²) in [7, 11) is 1.71. The third-order valence-electron chi connectivity index (χ3n) is 4.78. The Labute approximate surface area is 148 Å². The van der Waals surface area contributed by atoms with E-state index < -0.39 is 0 Å². The maximum Gasteiger partial charge on any atom is 0.254 e. The molecule has 1 saturated heterocycles. The molecule has 1 aliphatic rings. The van der Waals surface area contributed by atoms with Gasteiger partial charge in [0.2, 0.25) is 0 Å². The molecule has 1 aliphatic heterocycles. The number of piperidine rings is 1. The van der Waals surface area contributed by atoms with E-state index in [-0.39, 0.29) is 17.8 Å². The summed E-state index contributed by atoms with van der Waals surface area (Å²) in [5, 5.41) is 0. The van der Waals surface area contributed by atoms with Crippen LogP contribution in [0.2, 0.25) is 0 Å². The first-order chi connectivity index (χ1) is 12.1. The van der Waals surface area contributed by atoms with Crippen LogP contribution < -0.4 is 0 Å². The molecule has 1 heterocycles. The van der Waals surface area contributed by atoms with Gasteiger partial charge in [-0.1, -0.05) is 48.0 Å². The number of carbonyl (C=O) groups is 2. The van der Waals surface area contributed by atoms with E-state index in [9.17, 15) is 9.59 Å². The van der Waals surface area contributed by atoms with Gasteiger partial charge in [-0.25, -0.2) is 0 Å². The predicted molar refractivity (Wildman–Crippen MR) is 97.0 cm³/mol. The van der Waals surface area contributed by atoms with Crippen LogP contribution in [0.5, 0.6) is 0 Å². The molecule has 25 heavy (non-hydrogen) atoms. The van der Waals surface area contributed by atoms with Crippen molar-refractivity contribution in [2.75, 3.05) is 20.2 Å². The van der Waals surface area contributed by atoms with Crippen LogP contribution in [0.3, 0.4) is 0 Å². The molecule has 0 atom stereocenters. The molecular formula is C21H23NO3. The van der Waals surface area contributed by atoms with E-state index in [0.717, 1.165) is 18.4 Å². The van der Waals surface area contributed by atoms with E-state index in [4.69, 9.17) is 4.74 Å². The molecule has 0 unspecified atom stereocenters. The van der Waals surface area contributed by atoms with Crippen molar-refractivity contribution >= 4 is 11.7 Å². The van der Waals surface area contributed by atoms with Crippen molar-refractivity contribution in [3.05, 3.63) is 70.8 Å². The van der Waals surface area contributed by atoms with E-state index in [1.165, 1.54) is 0 Å². The fourth-order valence-corrected chi connectivity index (χ4v) is 3.19. The number of hydrogen-bond donors (Lipinski definition) is 0. The minimum absolute atomic E-state index is 0.0781. The van der Waals surface area contributed by atoms with Gasteiger partial charge in [-0.15, -0.1) is 0 Å². The van der Waals surface area contributed by atoms with Gasteiger partial charge in [-0.2, -0.15) is 0 Å². The van der Waals surface area contributed by atoms with Crippen LogP contribution in [0, 0.1) is 6.92 Å². The number of rotatable bonds is 4. The van der Waals surface area contributed by atoms with Gasteiger partial charge in [0.1, 0.15) is 0 Å². The number of ether oxygens (including phenoxy) is 1. The average molecular weight is 337 g/mol. The summed E-state index contributed by atoms with van der Waals surface area (Å²) in [6.45, 7) is 3.30. The Hall–Kier alpha value is -2.46. The topological polar surface area (TPSA) is 46.6 Å². The van der Waals surface area contributed by atoms with Crippen molar-refractivity contribution in [2.24, 2.45) is 0 Å². The molecule has 1 fully saturated rings. The second kappa shape index (κ2) is 7.62. The van der Waals surface area contributed by atoms with Crippen molar-refractivity contribution in [1.82, 2.24) is 4.90 Å². The van der Waals surface area contributed by atoms with Gasteiger partial charge >= 0.3 is 0 Å². The minimum Gasteiger partial charge on any atom is -0.381 e. The molecule has 4 heteroatoms. The van der Waals surface area contributed by atoms with Gasteiger partial charge in [0.15, 0.2) is 5.78 Å². The maximum absolute atomic E-state index is 12.9. The Morgan fingerprint density at radius 1 is 0.960 bits per heavy atom. The SMILES string of the molecule is COC1CCN(C(=O)c2ccccc2C(=O)c2ccc(C)cc2)CC1. The number of nitrogens with zero attached hydrogens (tertiary/aromatic N) is 1. The predicted octanol–water partition coefficient (Wildman–Crippen LogP) is 3.48. The average Bonchev–Trinajstić information content (AvgIpc) is 2.67. The molecule has 3 rings (SSSR count). The Morgan fingerprint density at radius 2 is 1.56 bits per heavy atom. The Kier molecular flexibility index (Phi) is 5.29. The van der Waals surface area contributed by atoms with Gasteiger partial charge in [0.05, 0.1) is 11.7 Å². The maximum atomic E-state index is 12.9. The van der Waals surface area contributed by atoms with Gasteiger partial charge in [0.25, 0.3) is 5.91 Å². The highest BCUT2D eigenvalue weighted by Crippen LogP contribution is 2.20. The summed E-state index contributed by atoms with van der Waals surface area (Å²) in [6, 6.07) is 14.5. The first-order valence-corrected chi connectivity index (χ1v) is 8.62. The molecule has 2 aromatic carbocycles. The monoisotopic (exact) mass is 337 g/mol. The van der Waals surface area contributed by atoms with E-state index in [1.54, 1.807) is 31.4 Å². The van der Waals surface area contributed by atoms with Crippen LogP contribution in [0.1, 0.15) is 44.7 Å². The molecule has 1 amide bonds. The highest BCUT2D eigenvalue weighted by molar-refractivity contribution is 6.15. The molecule has 0 bridgehead atoms. The minimum atomic E-state index is -0.115. The summed E-state index contributed by atoms with van der Waals surface area (Å²) < 4.78 is 5.36. The van der Waals surface area contributed by atoms with Crippen LogP contribution in [-0.4, -0.2) is 42.9 Å². The lowest BCUT2D eigenvalue weighted by molar-refractivity contribution is 0.0350. The number of amides is 1. The number of aryl methyl sites for hydroxylation is 1. The van der Waals surface area contributed by atoms with Gasteiger partial charge in [0, 0.05) is 31.3 Å². The van der Waals surface area contributed by atoms with E-state index in [2.05, 4.69) is 0 Å². The van der Waals surface area contributed by atoms with Crippen LogP contribution in [-0.2, 0) is 4.74 Å². The molecule has 130 valence electrons. The van der Waals surface area contributed by atoms with Gasteiger partial charge < -0.3 is 9.64 Å². The second-order valence-electron chi connectivity index (χ2n) is 6.47. The number of methoxy groups -OCH3 is 1. The second-order valence-corrected chi connectivity index (χ2v) is 6.47. The number of benzene rings is 2. The van der Waals surface area contributed by atoms with E-state index in [1.807, 2.05) is 36.1 Å². The number of hydrogen-bond acceptors (Lipinski definition) is 3. The first kappa shape index (κ1) is 17.4. The zero-order valence-corrected chi connectivity index (χ0v) is 14.7. The lowest BCUT2D eigenvalue weighted by Gasteiger charge is -2.31. The standard InChI is InChI=1S/C21H23NO3/c1-15-7-9-16(10-8-15)20(23)18-5-3-4-6-19(18)21(24)22-13-11-17(25-2)12-14-22/h3-10,17H,11-14H2,1-2H3.